The Labute approximate surface area is 182 Å². The van der Waals surface area contributed by atoms with Crippen LogP contribution in [-0.4, -0.2) is 33.7 Å². The highest BCUT2D eigenvalue weighted by molar-refractivity contribution is 7.92. The molecule has 1 amide bonds. The smallest absolute Gasteiger partial charge is 0.356 e. The SMILES string of the molecule is CCCC[C@@H](CC)CNC(=O)CCCN(c1ccc(Cl)c(C(F)(F)F)c1)S(C)(=O)=O. The first-order chi connectivity index (χ1) is 13.9. The minimum atomic E-state index is -4.70. The van der Waals surface area contributed by atoms with E-state index in [1.807, 2.05) is 0 Å². The highest BCUT2D eigenvalue weighted by Gasteiger charge is 2.34. The number of alkyl halides is 3. The van der Waals surface area contributed by atoms with E-state index in [1.54, 1.807) is 0 Å². The Bertz CT molecular complexity index is 801. The molecule has 0 aliphatic heterocycles. The van der Waals surface area contributed by atoms with E-state index in [1.165, 1.54) is 6.07 Å². The van der Waals surface area contributed by atoms with Crippen LogP contribution in [0.25, 0.3) is 0 Å². The summed E-state index contributed by atoms with van der Waals surface area (Å²) in [6, 6.07) is 2.95. The third-order valence-electron chi connectivity index (χ3n) is 4.84. The van der Waals surface area contributed by atoms with Crippen molar-refractivity contribution in [1.82, 2.24) is 5.32 Å². The Hall–Kier alpha value is -1.48. The maximum absolute atomic E-state index is 13.1. The summed E-state index contributed by atoms with van der Waals surface area (Å²) in [5.74, 6) is 0.196. The molecule has 1 atom stereocenters. The number of nitrogens with one attached hydrogen (secondary N) is 1. The van der Waals surface area contributed by atoms with Crippen molar-refractivity contribution < 1.29 is 26.4 Å². The molecule has 0 unspecified atom stereocenters. The minimum absolute atomic E-state index is 0.0793. The summed E-state index contributed by atoms with van der Waals surface area (Å²) in [7, 11) is -3.84. The van der Waals surface area contributed by atoms with Crippen molar-refractivity contribution in [2.24, 2.45) is 5.92 Å². The number of nitrogens with zero attached hydrogens (tertiary/aromatic N) is 1. The lowest BCUT2D eigenvalue weighted by molar-refractivity contribution is -0.137. The number of unbranched alkanes of at least 4 members (excludes halogenated alkanes) is 1. The van der Waals surface area contributed by atoms with Crippen LogP contribution in [0.5, 0.6) is 0 Å². The number of rotatable bonds is 12. The number of carbonyl (C=O) groups is 1. The third-order valence-corrected chi connectivity index (χ3v) is 6.36. The molecule has 0 aromatic heterocycles. The second-order valence-electron chi connectivity index (χ2n) is 7.32. The van der Waals surface area contributed by atoms with Gasteiger partial charge in [0, 0.05) is 19.5 Å². The predicted molar refractivity (Wildman–Crippen MR) is 114 cm³/mol. The summed E-state index contributed by atoms with van der Waals surface area (Å²) in [5.41, 5.74) is -1.24. The van der Waals surface area contributed by atoms with Crippen molar-refractivity contribution in [2.45, 2.75) is 58.5 Å². The van der Waals surface area contributed by atoms with Gasteiger partial charge in [0.25, 0.3) is 0 Å². The minimum Gasteiger partial charge on any atom is -0.356 e. The lowest BCUT2D eigenvalue weighted by Gasteiger charge is -2.23. The molecule has 30 heavy (non-hydrogen) atoms. The summed E-state index contributed by atoms with van der Waals surface area (Å²) in [5, 5.41) is 2.35. The molecular formula is C20H30ClF3N2O3S. The standard InChI is InChI=1S/C20H30ClF3N2O3S/c1-4-6-8-15(5-2)14-25-19(27)9-7-12-26(30(3,28)29)16-10-11-18(21)17(13-16)20(22,23)24/h10-11,13,15H,4-9,12,14H2,1-3H3,(H,25,27)/t15-/m1/s1. The summed E-state index contributed by atoms with van der Waals surface area (Å²) in [6.07, 6.45) is 0.640. The first-order valence-electron chi connectivity index (χ1n) is 10.0. The number of halogens is 4. The highest BCUT2D eigenvalue weighted by Crippen LogP contribution is 2.37. The zero-order valence-corrected chi connectivity index (χ0v) is 19.1. The van der Waals surface area contributed by atoms with Gasteiger partial charge in [-0.05, 0) is 37.0 Å². The number of amides is 1. The summed E-state index contributed by atoms with van der Waals surface area (Å²) >= 11 is 5.61. The topological polar surface area (TPSA) is 66.5 Å². The zero-order valence-electron chi connectivity index (χ0n) is 17.6. The van der Waals surface area contributed by atoms with Crippen LogP contribution >= 0.6 is 11.6 Å². The van der Waals surface area contributed by atoms with Gasteiger partial charge in [-0.3, -0.25) is 9.10 Å². The largest absolute Gasteiger partial charge is 0.417 e. The van der Waals surface area contributed by atoms with E-state index >= 15 is 0 Å². The molecule has 1 N–H and O–H groups in total. The van der Waals surface area contributed by atoms with Gasteiger partial charge in [-0.1, -0.05) is 44.7 Å². The Kier molecular flexibility index (Phi) is 10.4. The monoisotopic (exact) mass is 470 g/mol. The first-order valence-corrected chi connectivity index (χ1v) is 12.2. The number of hydrogen-bond acceptors (Lipinski definition) is 3. The summed E-state index contributed by atoms with van der Waals surface area (Å²) < 4.78 is 64.4. The molecule has 1 aromatic carbocycles. The lowest BCUT2D eigenvalue weighted by atomic mass is 9.99. The summed E-state index contributed by atoms with van der Waals surface area (Å²) in [4.78, 5) is 12.1. The van der Waals surface area contributed by atoms with Gasteiger partial charge in [-0.15, -0.1) is 0 Å². The molecule has 0 radical (unpaired) electrons. The van der Waals surface area contributed by atoms with Gasteiger partial charge in [0.2, 0.25) is 15.9 Å². The molecular weight excluding hydrogens is 441 g/mol. The highest BCUT2D eigenvalue weighted by atomic mass is 35.5. The number of sulfonamides is 1. The Morgan fingerprint density at radius 2 is 1.90 bits per heavy atom. The van der Waals surface area contributed by atoms with Crippen LogP contribution in [0.2, 0.25) is 5.02 Å². The van der Waals surface area contributed by atoms with Crippen molar-refractivity contribution in [3.8, 4) is 0 Å². The Balaban J connectivity index is 2.75. The molecule has 0 saturated heterocycles. The average molecular weight is 471 g/mol. The van der Waals surface area contributed by atoms with E-state index in [4.69, 9.17) is 11.6 Å². The normalized spacial score (nSPS) is 13.2. The van der Waals surface area contributed by atoms with Crippen molar-refractivity contribution in [1.29, 1.82) is 0 Å². The van der Waals surface area contributed by atoms with Gasteiger partial charge < -0.3 is 5.32 Å². The fourth-order valence-electron chi connectivity index (χ4n) is 3.05. The van der Waals surface area contributed by atoms with Gasteiger partial charge in [-0.25, -0.2) is 8.42 Å². The van der Waals surface area contributed by atoms with Gasteiger partial charge in [0.05, 0.1) is 22.5 Å². The molecule has 0 aliphatic rings. The Morgan fingerprint density at radius 3 is 2.43 bits per heavy atom. The van der Waals surface area contributed by atoms with Crippen LogP contribution in [0.1, 0.15) is 57.9 Å². The fourth-order valence-corrected chi connectivity index (χ4v) is 4.23. The first kappa shape index (κ1) is 26.6. The molecule has 5 nitrogen and oxygen atoms in total. The fraction of sp³-hybridized carbons (Fsp3) is 0.650. The van der Waals surface area contributed by atoms with Gasteiger partial charge in [0.1, 0.15) is 0 Å². The van der Waals surface area contributed by atoms with Crippen LogP contribution < -0.4 is 9.62 Å². The van der Waals surface area contributed by atoms with Crippen molar-refractivity contribution in [3.63, 3.8) is 0 Å². The second kappa shape index (κ2) is 11.8. The zero-order chi connectivity index (χ0) is 22.9. The average Bonchev–Trinajstić information content (AvgIpc) is 2.64. The molecule has 0 bridgehead atoms. The summed E-state index contributed by atoms with van der Waals surface area (Å²) in [6.45, 7) is 4.63. The van der Waals surface area contributed by atoms with Gasteiger partial charge in [0.15, 0.2) is 0 Å². The molecule has 0 heterocycles. The van der Waals surface area contributed by atoms with Crippen LogP contribution in [0, 0.1) is 5.92 Å². The van der Waals surface area contributed by atoms with Crippen LogP contribution in [-0.2, 0) is 21.0 Å². The van der Waals surface area contributed by atoms with Crippen LogP contribution in [0.15, 0.2) is 18.2 Å². The molecule has 1 aromatic rings. The van der Waals surface area contributed by atoms with Gasteiger partial charge >= 0.3 is 6.18 Å². The van der Waals surface area contributed by atoms with E-state index in [0.29, 0.717) is 18.5 Å². The predicted octanol–water partition coefficient (Wildman–Crippen LogP) is 5.24. The maximum Gasteiger partial charge on any atom is 0.417 e. The molecule has 1 rings (SSSR count). The van der Waals surface area contributed by atoms with Crippen molar-refractivity contribution in [3.05, 3.63) is 28.8 Å². The molecule has 10 heteroatoms. The van der Waals surface area contributed by atoms with Crippen LogP contribution in [0.3, 0.4) is 0 Å². The van der Waals surface area contributed by atoms with Crippen molar-refractivity contribution >= 4 is 33.2 Å². The van der Waals surface area contributed by atoms with E-state index in [0.717, 1.165) is 42.3 Å². The maximum atomic E-state index is 13.1. The van der Waals surface area contributed by atoms with E-state index in [9.17, 15) is 26.4 Å². The number of hydrogen-bond donors (Lipinski definition) is 1. The molecule has 0 saturated carbocycles. The van der Waals surface area contributed by atoms with Gasteiger partial charge in [-0.2, -0.15) is 13.2 Å². The van der Waals surface area contributed by atoms with E-state index in [-0.39, 0.29) is 31.0 Å². The van der Waals surface area contributed by atoms with Crippen LogP contribution in [0.4, 0.5) is 18.9 Å². The van der Waals surface area contributed by atoms with E-state index in [2.05, 4.69) is 19.2 Å². The number of carbonyl (C=O) groups excluding carboxylic acids is 1. The number of anilines is 1. The van der Waals surface area contributed by atoms with Crippen molar-refractivity contribution in [2.75, 3.05) is 23.7 Å². The van der Waals surface area contributed by atoms with E-state index < -0.39 is 26.8 Å². The third kappa shape index (κ3) is 8.71. The molecule has 0 spiro atoms. The molecule has 172 valence electrons. The quantitative estimate of drug-likeness (QED) is 0.454. The Morgan fingerprint density at radius 1 is 1.23 bits per heavy atom. The lowest BCUT2D eigenvalue weighted by Crippen LogP contribution is -2.33. The molecule has 0 fully saturated rings. The molecule has 0 aliphatic carbocycles. The number of benzene rings is 1. The second-order valence-corrected chi connectivity index (χ2v) is 9.64.